The Kier molecular flexibility index (Phi) is 7.06. The molecular weight excluding hydrogens is 326 g/mol. The molecule has 142 valence electrons. The summed E-state index contributed by atoms with van der Waals surface area (Å²) < 4.78 is 0. The summed E-state index contributed by atoms with van der Waals surface area (Å²) in [6.07, 6.45) is 6.69. The molecule has 0 radical (unpaired) electrons. The van der Waals surface area contributed by atoms with E-state index in [0.717, 1.165) is 37.8 Å². The maximum Gasteiger partial charge on any atom is 0.242 e. The lowest BCUT2D eigenvalue weighted by Gasteiger charge is -2.29. The number of rotatable bonds is 7. The summed E-state index contributed by atoms with van der Waals surface area (Å²) in [6, 6.07) is 9.62. The lowest BCUT2D eigenvalue weighted by molar-refractivity contribution is -0.140. The van der Waals surface area contributed by atoms with Crippen LogP contribution in [0.4, 0.5) is 0 Å². The number of carbonyl (C=O) groups is 2. The molecule has 1 aromatic carbocycles. The largest absolute Gasteiger partial charge is 0.354 e. The van der Waals surface area contributed by atoms with Crippen molar-refractivity contribution in [2.75, 3.05) is 26.2 Å². The van der Waals surface area contributed by atoms with E-state index in [2.05, 4.69) is 10.2 Å². The number of nitrogens with zero attached hydrogens (tertiary/aromatic N) is 2. The van der Waals surface area contributed by atoms with Gasteiger partial charge in [-0.05, 0) is 57.3 Å². The van der Waals surface area contributed by atoms with E-state index < -0.39 is 0 Å². The summed E-state index contributed by atoms with van der Waals surface area (Å²) in [4.78, 5) is 29.6. The highest BCUT2D eigenvalue weighted by Gasteiger charge is 2.31. The van der Waals surface area contributed by atoms with Crippen LogP contribution in [0.5, 0.6) is 0 Å². The summed E-state index contributed by atoms with van der Waals surface area (Å²) >= 11 is 0. The lowest BCUT2D eigenvalue weighted by atomic mass is 10.1. The second-order valence-corrected chi connectivity index (χ2v) is 7.46. The predicted octanol–water partition coefficient (Wildman–Crippen LogP) is 2.56. The minimum Gasteiger partial charge on any atom is -0.354 e. The van der Waals surface area contributed by atoms with Gasteiger partial charge in [0.25, 0.3) is 0 Å². The molecule has 2 amide bonds. The molecule has 1 atom stereocenters. The molecule has 2 heterocycles. The van der Waals surface area contributed by atoms with E-state index in [-0.39, 0.29) is 17.9 Å². The first-order chi connectivity index (χ1) is 12.7. The minimum absolute atomic E-state index is 0.0117. The first-order valence-corrected chi connectivity index (χ1v) is 10.1. The van der Waals surface area contributed by atoms with Crippen LogP contribution in [-0.2, 0) is 16.1 Å². The smallest absolute Gasteiger partial charge is 0.242 e. The zero-order valence-electron chi connectivity index (χ0n) is 15.7. The Morgan fingerprint density at radius 2 is 1.85 bits per heavy atom. The SMILES string of the molecule is O=C(NCCCN1CCCC1)C1CCCCC(=O)N1Cc1ccccc1. The van der Waals surface area contributed by atoms with Crippen LogP contribution in [0.1, 0.15) is 50.5 Å². The topological polar surface area (TPSA) is 52.7 Å². The summed E-state index contributed by atoms with van der Waals surface area (Å²) in [6.45, 7) is 4.65. The highest BCUT2D eigenvalue weighted by Crippen LogP contribution is 2.20. The molecule has 1 aromatic rings. The molecule has 2 aliphatic heterocycles. The van der Waals surface area contributed by atoms with Gasteiger partial charge in [-0.2, -0.15) is 0 Å². The molecule has 0 saturated carbocycles. The number of carbonyl (C=O) groups excluding carboxylic acids is 2. The molecule has 2 saturated heterocycles. The first kappa shape index (κ1) is 18.9. The Morgan fingerprint density at radius 1 is 1.08 bits per heavy atom. The summed E-state index contributed by atoms with van der Waals surface area (Å²) in [5, 5.41) is 3.08. The summed E-state index contributed by atoms with van der Waals surface area (Å²) in [7, 11) is 0. The zero-order chi connectivity index (χ0) is 18.2. The fourth-order valence-corrected chi connectivity index (χ4v) is 3.98. The number of benzene rings is 1. The molecule has 0 bridgehead atoms. The van der Waals surface area contributed by atoms with Gasteiger partial charge in [0.2, 0.25) is 11.8 Å². The van der Waals surface area contributed by atoms with Crippen LogP contribution in [0.2, 0.25) is 0 Å². The van der Waals surface area contributed by atoms with Crippen molar-refractivity contribution in [3.05, 3.63) is 35.9 Å². The Bertz CT molecular complexity index is 584. The molecule has 5 heteroatoms. The van der Waals surface area contributed by atoms with Gasteiger partial charge in [0.05, 0.1) is 0 Å². The number of nitrogens with one attached hydrogen (secondary N) is 1. The van der Waals surface area contributed by atoms with Crippen LogP contribution in [-0.4, -0.2) is 53.8 Å². The van der Waals surface area contributed by atoms with Gasteiger partial charge in [-0.15, -0.1) is 0 Å². The molecule has 0 spiro atoms. The summed E-state index contributed by atoms with van der Waals surface area (Å²) in [5.74, 6) is 0.112. The molecule has 5 nitrogen and oxygen atoms in total. The van der Waals surface area contributed by atoms with Crippen LogP contribution >= 0.6 is 0 Å². The molecule has 1 unspecified atom stereocenters. The number of amides is 2. The van der Waals surface area contributed by atoms with E-state index in [9.17, 15) is 9.59 Å². The molecule has 2 aliphatic rings. The van der Waals surface area contributed by atoms with Crippen LogP contribution < -0.4 is 5.32 Å². The van der Waals surface area contributed by atoms with Crippen molar-refractivity contribution in [2.45, 2.75) is 57.5 Å². The van der Waals surface area contributed by atoms with Crippen molar-refractivity contribution >= 4 is 11.8 Å². The van der Waals surface area contributed by atoms with Crippen LogP contribution in [0.25, 0.3) is 0 Å². The van der Waals surface area contributed by atoms with E-state index in [1.54, 1.807) is 4.90 Å². The Morgan fingerprint density at radius 3 is 2.62 bits per heavy atom. The fraction of sp³-hybridized carbons (Fsp3) is 0.619. The van der Waals surface area contributed by atoms with Gasteiger partial charge >= 0.3 is 0 Å². The third-order valence-electron chi connectivity index (χ3n) is 5.46. The van der Waals surface area contributed by atoms with Crippen molar-refractivity contribution < 1.29 is 9.59 Å². The minimum atomic E-state index is -0.336. The maximum atomic E-state index is 12.8. The van der Waals surface area contributed by atoms with E-state index in [0.29, 0.717) is 19.5 Å². The molecular formula is C21H31N3O2. The number of hydrogen-bond acceptors (Lipinski definition) is 3. The second-order valence-electron chi connectivity index (χ2n) is 7.46. The quantitative estimate of drug-likeness (QED) is 0.763. The molecule has 2 fully saturated rings. The molecule has 0 aliphatic carbocycles. The van der Waals surface area contributed by atoms with Gasteiger partial charge < -0.3 is 15.1 Å². The van der Waals surface area contributed by atoms with E-state index in [1.165, 1.54) is 25.9 Å². The average Bonchev–Trinajstić information content (AvgIpc) is 3.11. The molecule has 26 heavy (non-hydrogen) atoms. The summed E-state index contributed by atoms with van der Waals surface area (Å²) in [5.41, 5.74) is 1.08. The van der Waals surface area contributed by atoms with Gasteiger partial charge in [-0.1, -0.05) is 36.8 Å². The third-order valence-corrected chi connectivity index (χ3v) is 5.46. The van der Waals surface area contributed by atoms with Crippen LogP contribution in [0.3, 0.4) is 0 Å². The average molecular weight is 357 g/mol. The number of likely N-dealkylation sites (tertiary alicyclic amines) is 2. The lowest BCUT2D eigenvalue weighted by Crippen LogP contribution is -2.48. The van der Waals surface area contributed by atoms with Gasteiger partial charge in [0.1, 0.15) is 6.04 Å². The van der Waals surface area contributed by atoms with Crippen molar-refractivity contribution in [2.24, 2.45) is 0 Å². The van der Waals surface area contributed by atoms with Gasteiger partial charge in [-0.25, -0.2) is 0 Å². The Labute approximate surface area is 156 Å². The maximum absolute atomic E-state index is 12.8. The van der Waals surface area contributed by atoms with Gasteiger partial charge in [-0.3, -0.25) is 9.59 Å². The highest BCUT2D eigenvalue weighted by molar-refractivity contribution is 5.88. The fourth-order valence-electron chi connectivity index (χ4n) is 3.98. The Balaban J connectivity index is 1.54. The molecule has 3 rings (SSSR count). The van der Waals surface area contributed by atoms with Gasteiger partial charge in [0, 0.05) is 19.5 Å². The van der Waals surface area contributed by atoms with Crippen molar-refractivity contribution in [1.82, 2.24) is 15.1 Å². The van der Waals surface area contributed by atoms with Crippen molar-refractivity contribution in [1.29, 1.82) is 0 Å². The standard InChI is InChI=1S/C21H31N3O2/c25-20-12-5-4-11-19(24(20)17-18-9-2-1-3-10-18)21(26)22-13-8-16-23-14-6-7-15-23/h1-3,9-10,19H,4-8,11-17H2,(H,22,26). The molecule has 1 N–H and O–H groups in total. The third kappa shape index (κ3) is 5.31. The van der Waals surface area contributed by atoms with E-state index in [4.69, 9.17) is 0 Å². The molecule has 0 aromatic heterocycles. The monoisotopic (exact) mass is 357 g/mol. The number of hydrogen-bond donors (Lipinski definition) is 1. The predicted molar refractivity (Wildman–Crippen MR) is 103 cm³/mol. The zero-order valence-corrected chi connectivity index (χ0v) is 15.7. The van der Waals surface area contributed by atoms with Crippen LogP contribution in [0, 0.1) is 0 Å². The van der Waals surface area contributed by atoms with Crippen LogP contribution in [0.15, 0.2) is 30.3 Å². The van der Waals surface area contributed by atoms with Gasteiger partial charge in [0.15, 0.2) is 0 Å². The van der Waals surface area contributed by atoms with E-state index >= 15 is 0 Å². The van der Waals surface area contributed by atoms with Crippen molar-refractivity contribution in [3.8, 4) is 0 Å². The normalized spacial score (nSPS) is 21.6. The second kappa shape index (κ2) is 9.72. The highest BCUT2D eigenvalue weighted by atomic mass is 16.2. The van der Waals surface area contributed by atoms with Crippen molar-refractivity contribution in [3.63, 3.8) is 0 Å². The first-order valence-electron chi connectivity index (χ1n) is 10.1. The van der Waals surface area contributed by atoms with E-state index in [1.807, 2.05) is 30.3 Å². The Hall–Kier alpha value is -1.88.